The highest BCUT2D eigenvalue weighted by Gasteiger charge is 2.15. The normalized spacial score (nSPS) is 11.5. The van der Waals surface area contributed by atoms with E-state index < -0.39 is 0 Å². The van der Waals surface area contributed by atoms with Crippen molar-refractivity contribution in [3.63, 3.8) is 0 Å². The summed E-state index contributed by atoms with van der Waals surface area (Å²) in [4.78, 5) is 4.14. The Kier molecular flexibility index (Phi) is 2.04. The lowest BCUT2D eigenvalue weighted by molar-refractivity contribution is 0.532. The van der Waals surface area contributed by atoms with Gasteiger partial charge in [0.05, 0.1) is 6.20 Å². The van der Waals surface area contributed by atoms with Crippen molar-refractivity contribution >= 4 is 12.2 Å². The van der Waals surface area contributed by atoms with Crippen molar-refractivity contribution in [3.8, 4) is 0 Å². The Balaban J connectivity index is 3.16. The number of rotatable bonds is 0. The number of aromatic amines is 1. The molecule has 0 aromatic carbocycles. The molecule has 1 N–H and O–H groups in total. The Morgan fingerprint density at radius 3 is 2.45 bits per heavy atom. The Morgan fingerprint density at radius 1 is 1.45 bits per heavy atom. The van der Waals surface area contributed by atoms with Gasteiger partial charge in [-0.05, 0) is 0 Å². The highest BCUT2D eigenvalue weighted by molar-refractivity contribution is 7.71. The molecule has 0 saturated carbocycles. The molecule has 1 heterocycles. The Hall–Kier alpha value is -0.770. The zero-order valence-corrected chi connectivity index (χ0v) is 7.70. The number of nitrogens with zero attached hydrogens (tertiary/aromatic N) is 2. The van der Waals surface area contributed by atoms with E-state index in [0.717, 1.165) is 5.82 Å². The minimum atomic E-state index is -0.0121. The van der Waals surface area contributed by atoms with Crippen LogP contribution in [-0.4, -0.2) is 15.2 Å². The first-order chi connectivity index (χ1) is 5.00. The molecule has 1 aromatic heterocycles. The molecule has 4 heteroatoms. The van der Waals surface area contributed by atoms with Crippen molar-refractivity contribution < 1.29 is 0 Å². The first-order valence-electron chi connectivity index (χ1n) is 3.42. The van der Waals surface area contributed by atoms with Gasteiger partial charge in [0.1, 0.15) is 10.5 Å². The second kappa shape index (κ2) is 2.70. The quantitative estimate of drug-likeness (QED) is 0.602. The molecule has 0 bridgehead atoms. The molecular weight excluding hydrogens is 158 g/mol. The van der Waals surface area contributed by atoms with E-state index in [1.165, 1.54) is 6.20 Å². The summed E-state index contributed by atoms with van der Waals surface area (Å²) >= 11 is 4.87. The van der Waals surface area contributed by atoms with Crippen molar-refractivity contribution in [2.24, 2.45) is 0 Å². The molecule has 0 aliphatic carbocycles. The van der Waals surface area contributed by atoms with Crippen LogP contribution < -0.4 is 0 Å². The van der Waals surface area contributed by atoms with E-state index in [4.69, 9.17) is 12.2 Å². The van der Waals surface area contributed by atoms with Gasteiger partial charge in [-0.15, -0.1) is 0 Å². The van der Waals surface area contributed by atoms with Gasteiger partial charge in [-0.25, -0.2) is 4.98 Å². The van der Waals surface area contributed by atoms with Gasteiger partial charge in [-0.1, -0.05) is 33.0 Å². The molecule has 0 aliphatic heterocycles. The maximum absolute atomic E-state index is 4.87. The molecule has 0 aliphatic rings. The van der Waals surface area contributed by atoms with E-state index in [1.807, 2.05) is 0 Å². The molecule has 0 spiro atoms. The maximum atomic E-state index is 4.87. The van der Waals surface area contributed by atoms with Gasteiger partial charge in [-0.3, -0.25) is 5.10 Å². The molecule has 0 radical (unpaired) electrons. The summed E-state index contributed by atoms with van der Waals surface area (Å²) in [6.07, 6.45) is 1.53. The van der Waals surface area contributed by atoms with E-state index in [-0.39, 0.29) is 5.41 Å². The zero-order valence-electron chi connectivity index (χ0n) is 6.88. The fourth-order valence-corrected chi connectivity index (χ4v) is 0.792. The lowest BCUT2D eigenvalue weighted by Gasteiger charge is -2.15. The molecule has 60 valence electrons. The minimum absolute atomic E-state index is 0.0121. The number of hydrogen-bond donors (Lipinski definition) is 1. The largest absolute Gasteiger partial charge is 0.264 e. The van der Waals surface area contributed by atoms with Gasteiger partial charge in [-0.2, -0.15) is 5.10 Å². The summed E-state index contributed by atoms with van der Waals surface area (Å²) in [7, 11) is 0. The molecule has 3 nitrogen and oxygen atoms in total. The molecule has 0 amide bonds. The van der Waals surface area contributed by atoms with Crippen LogP contribution in [0.4, 0.5) is 0 Å². The Bertz CT molecular complexity index is 297. The van der Waals surface area contributed by atoms with E-state index in [2.05, 4.69) is 36.0 Å². The summed E-state index contributed by atoms with van der Waals surface area (Å²) in [5.74, 6) is 0.824. The summed E-state index contributed by atoms with van der Waals surface area (Å²) in [6.45, 7) is 6.17. The van der Waals surface area contributed by atoms with E-state index in [0.29, 0.717) is 4.64 Å². The highest BCUT2D eigenvalue weighted by Crippen LogP contribution is 2.15. The van der Waals surface area contributed by atoms with Crippen LogP contribution in [0, 0.1) is 4.64 Å². The summed E-state index contributed by atoms with van der Waals surface area (Å²) in [5, 5.41) is 6.68. The van der Waals surface area contributed by atoms with E-state index in [1.54, 1.807) is 0 Å². The number of aromatic nitrogens is 3. The molecule has 0 unspecified atom stereocenters. The fraction of sp³-hybridized carbons (Fsp3) is 0.571. The van der Waals surface area contributed by atoms with Crippen molar-refractivity contribution in [1.29, 1.82) is 0 Å². The molecular formula is C7H11N3S. The standard InChI is InChI=1S/C7H11N3S/c1-7(2,3)6-9-5(11)4-8-10-6/h4H,1-3H3,(H,9,10,11). The SMILES string of the molecule is CC(C)(C)c1nc(=S)cn[nH]1. The van der Waals surface area contributed by atoms with Gasteiger partial charge >= 0.3 is 0 Å². The minimum Gasteiger partial charge on any atom is -0.264 e. The van der Waals surface area contributed by atoms with Crippen LogP contribution in [0.2, 0.25) is 0 Å². The first kappa shape index (κ1) is 8.33. The average Bonchev–Trinajstić information content (AvgIpc) is 1.86. The highest BCUT2D eigenvalue weighted by atomic mass is 32.1. The van der Waals surface area contributed by atoms with E-state index in [9.17, 15) is 0 Å². The van der Waals surface area contributed by atoms with Gasteiger partial charge in [0.2, 0.25) is 0 Å². The van der Waals surface area contributed by atoms with Crippen LogP contribution in [0.15, 0.2) is 6.20 Å². The maximum Gasteiger partial charge on any atom is 0.148 e. The second-order valence-electron chi connectivity index (χ2n) is 3.42. The predicted molar refractivity (Wildman–Crippen MR) is 45.9 cm³/mol. The first-order valence-corrected chi connectivity index (χ1v) is 3.83. The van der Waals surface area contributed by atoms with Gasteiger partial charge in [0.25, 0.3) is 0 Å². The molecule has 0 atom stereocenters. The molecule has 1 aromatic rings. The van der Waals surface area contributed by atoms with Crippen LogP contribution in [-0.2, 0) is 5.41 Å². The monoisotopic (exact) mass is 169 g/mol. The second-order valence-corrected chi connectivity index (χ2v) is 3.84. The lowest BCUT2D eigenvalue weighted by atomic mass is 9.96. The third kappa shape index (κ3) is 2.08. The predicted octanol–water partition coefficient (Wildman–Crippen LogP) is 1.83. The average molecular weight is 169 g/mol. The smallest absolute Gasteiger partial charge is 0.148 e. The Morgan fingerprint density at radius 2 is 2.09 bits per heavy atom. The number of H-pyrrole nitrogens is 1. The van der Waals surface area contributed by atoms with Crippen molar-refractivity contribution in [3.05, 3.63) is 16.7 Å². The van der Waals surface area contributed by atoms with Crippen molar-refractivity contribution in [1.82, 2.24) is 15.2 Å². The molecule has 0 saturated heterocycles. The van der Waals surface area contributed by atoms with Gasteiger partial charge < -0.3 is 0 Å². The lowest BCUT2D eigenvalue weighted by Crippen LogP contribution is -2.16. The molecule has 0 fully saturated rings. The van der Waals surface area contributed by atoms with Crippen LogP contribution in [0.1, 0.15) is 26.6 Å². The zero-order chi connectivity index (χ0) is 8.48. The topological polar surface area (TPSA) is 41.6 Å². The van der Waals surface area contributed by atoms with Crippen molar-refractivity contribution in [2.75, 3.05) is 0 Å². The van der Waals surface area contributed by atoms with Gasteiger partial charge in [0.15, 0.2) is 0 Å². The van der Waals surface area contributed by atoms with Crippen LogP contribution >= 0.6 is 12.2 Å². The fourth-order valence-electron chi connectivity index (χ4n) is 0.648. The van der Waals surface area contributed by atoms with Crippen molar-refractivity contribution in [2.45, 2.75) is 26.2 Å². The van der Waals surface area contributed by atoms with E-state index >= 15 is 0 Å². The van der Waals surface area contributed by atoms with Crippen LogP contribution in [0.5, 0.6) is 0 Å². The third-order valence-electron chi connectivity index (χ3n) is 1.28. The number of hydrogen-bond acceptors (Lipinski definition) is 3. The Labute approximate surface area is 70.9 Å². The van der Waals surface area contributed by atoms with Crippen LogP contribution in [0.3, 0.4) is 0 Å². The number of nitrogens with one attached hydrogen (secondary N) is 1. The molecule has 1 rings (SSSR count). The summed E-state index contributed by atoms with van der Waals surface area (Å²) in [5.41, 5.74) is -0.0121. The molecule has 11 heavy (non-hydrogen) atoms. The summed E-state index contributed by atoms with van der Waals surface area (Å²) in [6, 6.07) is 0. The third-order valence-corrected chi connectivity index (χ3v) is 1.47. The summed E-state index contributed by atoms with van der Waals surface area (Å²) < 4.78 is 0.536. The van der Waals surface area contributed by atoms with Gasteiger partial charge in [0, 0.05) is 5.41 Å². The van der Waals surface area contributed by atoms with Crippen LogP contribution in [0.25, 0.3) is 0 Å².